The van der Waals surface area contributed by atoms with Crippen molar-refractivity contribution < 1.29 is 9.13 Å². The number of hydrogen-bond donors (Lipinski definition) is 1. The number of rotatable bonds is 3. The van der Waals surface area contributed by atoms with Gasteiger partial charge in [0.1, 0.15) is 11.6 Å². The molecular weight excluding hydrogens is 253 g/mol. The standard InChI is InChI=1S/C17H24FNO/c1-20-16-10-13(9-12-5-4-8-19-11-12)17(18)15-7-3-2-6-14(15)16/h10,12,19H,2-9,11H2,1H3. The van der Waals surface area contributed by atoms with Gasteiger partial charge in [-0.15, -0.1) is 0 Å². The highest BCUT2D eigenvalue weighted by Crippen LogP contribution is 2.35. The fraction of sp³-hybridized carbons (Fsp3) is 0.647. The summed E-state index contributed by atoms with van der Waals surface area (Å²) in [6.45, 7) is 2.12. The first-order chi connectivity index (χ1) is 9.79. The van der Waals surface area contributed by atoms with E-state index in [2.05, 4.69) is 5.32 Å². The molecule has 20 heavy (non-hydrogen) atoms. The smallest absolute Gasteiger partial charge is 0.130 e. The first-order valence-electron chi connectivity index (χ1n) is 7.87. The van der Waals surface area contributed by atoms with Gasteiger partial charge in [-0.25, -0.2) is 4.39 Å². The van der Waals surface area contributed by atoms with Gasteiger partial charge in [-0.05, 0) is 81.1 Å². The molecule has 2 nitrogen and oxygen atoms in total. The van der Waals surface area contributed by atoms with Crippen LogP contribution in [0.3, 0.4) is 0 Å². The molecule has 0 bridgehead atoms. The van der Waals surface area contributed by atoms with Crippen molar-refractivity contribution in [3.05, 3.63) is 28.6 Å². The van der Waals surface area contributed by atoms with Gasteiger partial charge >= 0.3 is 0 Å². The molecule has 1 saturated heterocycles. The van der Waals surface area contributed by atoms with Crippen LogP contribution in [0.5, 0.6) is 5.75 Å². The van der Waals surface area contributed by atoms with Gasteiger partial charge in [-0.2, -0.15) is 0 Å². The van der Waals surface area contributed by atoms with Crippen molar-refractivity contribution in [1.82, 2.24) is 5.32 Å². The Morgan fingerprint density at radius 3 is 2.75 bits per heavy atom. The van der Waals surface area contributed by atoms with Gasteiger partial charge in [0, 0.05) is 5.56 Å². The summed E-state index contributed by atoms with van der Waals surface area (Å²) in [4.78, 5) is 0. The fourth-order valence-electron chi connectivity index (χ4n) is 3.66. The Hall–Kier alpha value is -1.09. The second-order valence-electron chi connectivity index (χ2n) is 6.13. The number of benzene rings is 1. The number of fused-ring (bicyclic) bond motifs is 1. The molecule has 1 unspecified atom stereocenters. The lowest BCUT2D eigenvalue weighted by Crippen LogP contribution is -2.31. The molecule has 1 heterocycles. The van der Waals surface area contributed by atoms with Crippen LogP contribution in [0.25, 0.3) is 0 Å². The van der Waals surface area contributed by atoms with Crippen molar-refractivity contribution in [2.75, 3.05) is 20.2 Å². The molecule has 0 saturated carbocycles. The van der Waals surface area contributed by atoms with Crippen LogP contribution in [0.15, 0.2) is 6.07 Å². The van der Waals surface area contributed by atoms with Crippen molar-refractivity contribution in [1.29, 1.82) is 0 Å². The lowest BCUT2D eigenvalue weighted by molar-refractivity contribution is 0.367. The zero-order chi connectivity index (χ0) is 13.9. The highest BCUT2D eigenvalue weighted by molar-refractivity contribution is 5.46. The molecule has 0 aromatic heterocycles. The summed E-state index contributed by atoms with van der Waals surface area (Å²) in [7, 11) is 1.70. The summed E-state index contributed by atoms with van der Waals surface area (Å²) in [5, 5.41) is 3.41. The average molecular weight is 277 g/mol. The van der Waals surface area contributed by atoms with Gasteiger partial charge in [0.15, 0.2) is 0 Å². The van der Waals surface area contributed by atoms with E-state index in [0.29, 0.717) is 5.92 Å². The highest BCUT2D eigenvalue weighted by atomic mass is 19.1. The monoisotopic (exact) mass is 277 g/mol. The Balaban J connectivity index is 1.89. The lowest BCUT2D eigenvalue weighted by Gasteiger charge is -2.25. The summed E-state index contributed by atoms with van der Waals surface area (Å²) >= 11 is 0. The van der Waals surface area contributed by atoms with E-state index >= 15 is 0 Å². The molecule has 3 heteroatoms. The van der Waals surface area contributed by atoms with E-state index in [1.807, 2.05) is 6.07 Å². The molecule has 3 rings (SSSR count). The Bertz CT molecular complexity index is 480. The van der Waals surface area contributed by atoms with Crippen LogP contribution >= 0.6 is 0 Å². The van der Waals surface area contributed by atoms with E-state index in [1.54, 1.807) is 7.11 Å². The second-order valence-corrected chi connectivity index (χ2v) is 6.13. The average Bonchev–Trinajstić information content (AvgIpc) is 2.51. The van der Waals surface area contributed by atoms with E-state index in [-0.39, 0.29) is 5.82 Å². The van der Waals surface area contributed by atoms with E-state index in [0.717, 1.165) is 67.6 Å². The molecule has 1 fully saturated rings. The van der Waals surface area contributed by atoms with Gasteiger partial charge < -0.3 is 10.1 Å². The van der Waals surface area contributed by atoms with E-state index in [9.17, 15) is 4.39 Å². The first-order valence-corrected chi connectivity index (χ1v) is 7.87. The zero-order valence-electron chi connectivity index (χ0n) is 12.3. The Kier molecular flexibility index (Phi) is 4.25. The maximum absolute atomic E-state index is 14.7. The van der Waals surface area contributed by atoms with Crippen LogP contribution in [0.1, 0.15) is 42.4 Å². The van der Waals surface area contributed by atoms with Crippen molar-refractivity contribution in [3.63, 3.8) is 0 Å². The van der Waals surface area contributed by atoms with Crippen LogP contribution < -0.4 is 10.1 Å². The minimum absolute atomic E-state index is 0.0473. The second kappa shape index (κ2) is 6.13. The summed E-state index contributed by atoms with van der Waals surface area (Å²) in [6.07, 6.45) is 7.31. The number of methoxy groups -OCH3 is 1. The van der Waals surface area contributed by atoms with Crippen molar-refractivity contribution in [3.8, 4) is 5.75 Å². The molecule has 1 aliphatic heterocycles. The third-order valence-corrected chi connectivity index (χ3v) is 4.74. The maximum Gasteiger partial charge on any atom is 0.130 e. The molecule has 1 aliphatic carbocycles. The third-order valence-electron chi connectivity index (χ3n) is 4.74. The fourth-order valence-corrected chi connectivity index (χ4v) is 3.66. The van der Waals surface area contributed by atoms with Crippen LogP contribution in [-0.2, 0) is 19.3 Å². The summed E-state index contributed by atoms with van der Waals surface area (Å²) < 4.78 is 20.3. The normalized spacial score (nSPS) is 22.4. The molecule has 1 aromatic rings. The van der Waals surface area contributed by atoms with Gasteiger partial charge in [0.2, 0.25) is 0 Å². The van der Waals surface area contributed by atoms with Crippen molar-refractivity contribution >= 4 is 0 Å². The summed E-state index contributed by atoms with van der Waals surface area (Å²) in [5.41, 5.74) is 2.90. The van der Waals surface area contributed by atoms with Crippen LogP contribution in [-0.4, -0.2) is 20.2 Å². The number of nitrogens with one attached hydrogen (secondary N) is 1. The van der Waals surface area contributed by atoms with Crippen LogP contribution in [0.2, 0.25) is 0 Å². The van der Waals surface area contributed by atoms with E-state index < -0.39 is 0 Å². The summed E-state index contributed by atoms with van der Waals surface area (Å²) in [6, 6.07) is 1.95. The van der Waals surface area contributed by atoms with Crippen molar-refractivity contribution in [2.24, 2.45) is 5.92 Å². The van der Waals surface area contributed by atoms with Crippen molar-refractivity contribution in [2.45, 2.75) is 44.9 Å². The molecule has 110 valence electrons. The molecule has 2 aliphatic rings. The highest BCUT2D eigenvalue weighted by Gasteiger charge is 2.23. The van der Waals surface area contributed by atoms with E-state index in [4.69, 9.17) is 4.74 Å². The predicted octanol–water partition coefficient (Wildman–Crippen LogP) is 3.26. The lowest BCUT2D eigenvalue weighted by atomic mass is 9.85. The molecule has 1 aromatic carbocycles. The number of ether oxygens (including phenoxy) is 1. The quantitative estimate of drug-likeness (QED) is 0.915. The number of hydrogen-bond acceptors (Lipinski definition) is 2. The van der Waals surface area contributed by atoms with Crippen LogP contribution in [0, 0.1) is 11.7 Å². The van der Waals surface area contributed by atoms with E-state index in [1.165, 1.54) is 12.8 Å². The van der Waals surface area contributed by atoms with Gasteiger partial charge in [0.25, 0.3) is 0 Å². The van der Waals surface area contributed by atoms with Crippen LogP contribution in [0.4, 0.5) is 4.39 Å². The topological polar surface area (TPSA) is 21.3 Å². The predicted molar refractivity (Wildman–Crippen MR) is 78.9 cm³/mol. The molecule has 0 amide bonds. The minimum atomic E-state index is 0.0473. The molecule has 1 atom stereocenters. The maximum atomic E-state index is 14.7. The minimum Gasteiger partial charge on any atom is -0.496 e. The third kappa shape index (κ3) is 2.69. The molecule has 0 spiro atoms. The summed E-state index contributed by atoms with van der Waals surface area (Å²) in [5.74, 6) is 1.51. The molecule has 1 N–H and O–H groups in total. The number of halogens is 1. The Morgan fingerprint density at radius 1 is 1.25 bits per heavy atom. The Morgan fingerprint density at radius 2 is 2.05 bits per heavy atom. The zero-order valence-corrected chi connectivity index (χ0v) is 12.3. The molecular formula is C17H24FNO. The SMILES string of the molecule is COc1cc(CC2CCCNC2)c(F)c2c1CCCC2. The van der Waals surface area contributed by atoms with Gasteiger partial charge in [0.05, 0.1) is 7.11 Å². The molecule has 0 radical (unpaired) electrons. The number of piperidine rings is 1. The largest absolute Gasteiger partial charge is 0.496 e. The first kappa shape index (κ1) is 13.9. The Labute approximate surface area is 120 Å². The van der Waals surface area contributed by atoms with Gasteiger partial charge in [-0.3, -0.25) is 0 Å². The van der Waals surface area contributed by atoms with Gasteiger partial charge in [-0.1, -0.05) is 0 Å².